The van der Waals surface area contributed by atoms with Crippen LogP contribution in [0.1, 0.15) is 0 Å². The zero-order chi connectivity index (χ0) is 25.4. The molecule has 37 heavy (non-hydrogen) atoms. The minimum absolute atomic E-state index is 0.436. The first-order chi connectivity index (χ1) is 17.9. The molecule has 12 heteroatoms. The molecule has 5 aromatic rings. The zero-order valence-corrected chi connectivity index (χ0v) is 20.8. The molecule has 11 nitrogen and oxygen atoms in total. The second-order valence-electron chi connectivity index (χ2n) is 8.71. The summed E-state index contributed by atoms with van der Waals surface area (Å²) in [6, 6.07) is 13.3. The van der Waals surface area contributed by atoms with Crippen LogP contribution in [0.15, 0.2) is 77.9 Å². The van der Waals surface area contributed by atoms with Crippen LogP contribution in [0.25, 0.3) is 28.4 Å². The number of anilines is 3. The van der Waals surface area contributed by atoms with Gasteiger partial charge in [0, 0.05) is 44.1 Å². The van der Waals surface area contributed by atoms with Crippen LogP contribution in [0.2, 0.25) is 0 Å². The van der Waals surface area contributed by atoms with Gasteiger partial charge in [-0.05, 0) is 42.5 Å². The standard InChI is InChI=1S/C25H24N8O3S/c1-37(34,35)32-12-10-31(11-13-32)23-7-5-19(15-27-23)29-25-26-9-8-20(30-25)21-16-28-24-6-4-18(17-33(21)24)22-3-2-14-36-22/h2-9,14-17H,10-13H2,1H3,(H,26,29,30). The minimum atomic E-state index is -3.16. The number of fused-ring (bicyclic) bond motifs is 1. The molecular weight excluding hydrogens is 492 g/mol. The lowest BCUT2D eigenvalue weighted by Gasteiger charge is -2.33. The molecule has 1 aliphatic heterocycles. The van der Waals surface area contributed by atoms with Crippen LogP contribution in [0, 0.1) is 0 Å². The van der Waals surface area contributed by atoms with E-state index in [9.17, 15) is 8.42 Å². The van der Waals surface area contributed by atoms with Crippen LogP contribution in [0.5, 0.6) is 0 Å². The predicted octanol–water partition coefficient (Wildman–Crippen LogP) is 3.27. The number of hydrogen-bond acceptors (Lipinski definition) is 9. The summed E-state index contributed by atoms with van der Waals surface area (Å²) in [6.07, 6.45) is 10.1. The smallest absolute Gasteiger partial charge is 0.227 e. The van der Waals surface area contributed by atoms with Crippen LogP contribution in [-0.2, 0) is 10.0 Å². The van der Waals surface area contributed by atoms with Gasteiger partial charge in [-0.25, -0.2) is 28.4 Å². The normalized spacial score (nSPS) is 14.8. The van der Waals surface area contributed by atoms with E-state index in [0.29, 0.717) is 32.1 Å². The quantitative estimate of drug-likeness (QED) is 0.362. The number of furan rings is 1. The van der Waals surface area contributed by atoms with Crippen LogP contribution in [0.3, 0.4) is 0 Å². The fraction of sp³-hybridized carbons (Fsp3) is 0.200. The second kappa shape index (κ2) is 9.30. The zero-order valence-electron chi connectivity index (χ0n) is 20.0. The van der Waals surface area contributed by atoms with Gasteiger partial charge < -0.3 is 14.6 Å². The Morgan fingerprint density at radius 3 is 2.54 bits per heavy atom. The van der Waals surface area contributed by atoms with Crippen molar-refractivity contribution in [3.05, 3.63) is 73.5 Å². The third kappa shape index (κ3) is 4.76. The van der Waals surface area contributed by atoms with Gasteiger partial charge in [-0.2, -0.15) is 4.31 Å². The number of piperazine rings is 1. The molecule has 6 heterocycles. The Morgan fingerprint density at radius 1 is 0.946 bits per heavy atom. The molecule has 0 aliphatic carbocycles. The Hall–Kier alpha value is -4.29. The van der Waals surface area contributed by atoms with Crippen LogP contribution in [0.4, 0.5) is 17.5 Å². The maximum absolute atomic E-state index is 11.7. The minimum Gasteiger partial charge on any atom is -0.464 e. The van der Waals surface area contributed by atoms with E-state index in [4.69, 9.17) is 4.42 Å². The number of rotatable bonds is 6. The first kappa shape index (κ1) is 23.1. The molecule has 188 valence electrons. The second-order valence-corrected chi connectivity index (χ2v) is 10.7. The first-order valence-electron chi connectivity index (χ1n) is 11.7. The van der Waals surface area contributed by atoms with E-state index in [2.05, 4.69) is 30.2 Å². The van der Waals surface area contributed by atoms with E-state index < -0.39 is 10.0 Å². The lowest BCUT2D eigenvalue weighted by molar-refractivity contribution is 0.387. The average Bonchev–Trinajstić information content (AvgIpc) is 3.59. The highest BCUT2D eigenvalue weighted by Crippen LogP contribution is 2.25. The summed E-state index contributed by atoms with van der Waals surface area (Å²) in [5.41, 5.74) is 4.03. The van der Waals surface area contributed by atoms with E-state index in [1.165, 1.54) is 10.6 Å². The van der Waals surface area contributed by atoms with Crippen LogP contribution >= 0.6 is 0 Å². The first-order valence-corrected chi connectivity index (χ1v) is 13.6. The monoisotopic (exact) mass is 516 g/mol. The molecule has 0 bridgehead atoms. The number of pyridine rings is 2. The molecule has 1 fully saturated rings. The molecule has 1 saturated heterocycles. The van der Waals surface area contributed by atoms with E-state index in [1.807, 2.05) is 53.1 Å². The highest BCUT2D eigenvalue weighted by atomic mass is 32.2. The Morgan fingerprint density at radius 2 is 1.81 bits per heavy atom. The molecule has 0 saturated carbocycles. The third-order valence-corrected chi connectivity index (χ3v) is 7.57. The Kier molecular flexibility index (Phi) is 5.81. The summed E-state index contributed by atoms with van der Waals surface area (Å²) in [4.78, 5) is 20.2. The number of hydrogen-bond donors (Lipinski definition) is 1. The van der Waals surface area contributed by atoms with Gasteiger partial charge in [-0.3, -0.25) is 4.40 Å². The van der Waals surface area contributed by atoms with E-state index in [1.54, 1.807) is 24.9 Å². The van der Waals surface area contributed by atoms with Crippen molar-refractivity contribution in [3.63, 3.8) is 0 Å². The summed E-state index contributed by atoms with van der Waals surface area (Å²) in [5, 5.41) is 3.21. The van der Waals surface area contributed by atoms with Crippen molar-refractivity contribution in [2.24, 2.45) is 0 Å². The molecule has 0 aromatic carbocycles. The lowest BCUT2D eigenvalue weighted by Crippen LogP contribution is -2.48. The van der Waals surface area contributed by atoms with Gasteiger partial charge in [0.25, 0.3) is 0 Å². The van der Waals surface area contributed by atoms with Gasteiger partial charge in [0.1, 0.15) is 17.2 Å². The lowest BCUT2D eigenvalue weighted by atomic mass is 10.2. The van der Waals surface area contributed by atoms with Gasteiger partial charge in [0.05, 0.1) is 42.0 Å². The van der Waals surface area contributed by atoms with Crippen LogP contribution < -0.4 is 10.2 Å². The Bertz CT molecular complexity index is 1640. The van der Waals surface area contributed by atoms with Crippen molar-refractivity contribution in [3.8, 4) is 22.7 Å². The van der Waals surface area contributed by atoms with E-state index in [-0.39, 0.29) is 0 Å². The summed E-state index contributed by atoms with van der Waals surface area (Å²) in [5.74, 6) is 2.01. The summed E-state index contributed by atoms with van der Waals surface area (Å²) >= 11 is 0. The fourth-order valence-corrected chi connectivity index (χ4v) is 5.17. The van der Waals surface area contributed by atoms with Gasteiger partial charge >= 0.3 is 0 Å². The fourth-order valence-electron chi connectivity index (χ4n) is 4.35. The van der Waals surface area contributed by atoms with Gasteiger partial charge in [0.15, 0.2) is 0 Å². The van der Waals surface area contributed by atoms with Crippen LogP contribution in [-0.4, -0.2) is 69.5 Å². The highest BCUT2D eigenvalue weighted by molar-refractivity contribution is 7.88. The average molecular weight is 517 g/mol. The van der Waals surface area contributed by atoms with Crippen molar-refractivity contribution in [2.45, 2.75) is 0 Å². The molecule has 0 spiro atoms. The predicted molar refractivity (Wildman–Crippen MR) is 140 cm³/mol. The van der Waals surface area contributed by atoms with Crippen molar-refractivity contribution in [1.82, 2.24) is 28.6 Å². The molecule has 0 unspecified atom stereocenters. The molecular formula is C25H24N8O3S. The Labute approximate surface area is 213 Å². The molecule has 0 atom stereocenters. The van der Waals surface area contributed by atoms with E-state index >= 15 is 0 Å². The number of aromatic nitrogens is 5. The largest absolute Gasteiger partial charge is 0.464 e. The maximum atomic E-state index is 11.7. The molecule has 0 amide bonds. The number of sulfonamides is 1. The van der Waals surface area contributed by atoms with Crippen molar-refractivity contribution < 1.29 is 12.8 Å². The Balaban J connectivity index is 1.19. The van der Waals surface area contributed by atoms with Gasteiger partial charge in [0.2, 0.25) is 16.0 Å². The SMILES string of the molecule is CS(=O)(=O)N1CCN(c2ccc(Nc3nccc(-c4cnc5ccc(-c6ccco6)cn45)n3)cn2)CC1. The third-order valence-electron chi connectivity index (χ3n) is 6.26. The summed E-state index contributed by atoms with van der Waals surface area (Å²) in [6.45, 7) is 2.10. The van der Waals surface area contributed by atoms with Crippen molar-refractivity contribution in [2.75, 3.05) is 42.7 Å². The highest BCUT2D eigenvalue weighted by Gasteiger charge is 2.24. The summed E-state index contributed by atoms with van der Waals surface area (Å²) < 4.78 is 32.5. The van der Waals surface area contributed by atoms with Crippen molar-refractivity contribution in [1.29, 1.82) is 0 Å². The molecule has 0 radical (unpaired) electrons. The maximum Gasteiger partial charge on any atom is 0.227 e. The number of imidazole rings is 1. The summed E-state index contributed by atoms with van der Waals surface area (Å²) in [7, 11) is -3.16. The van der Waals surface area contributed by atoms with E-state index in [0.717, 1.165) is 39.9 Å². The number of nitrogens with one attached hydrogen (secondary N) is 1. The van der Waals surface area contributed by atoms with Gasteiger partial charge in [-0.1, -0.05) is 0 Å². The molecule has 6 rings (SSSR count). The van der Waals surface area contributed by atoms with Crippen molar-refractivity contribution >= 4 is 33.1 Å². The number of nitrogens with zero attached hydrogens (tertiary/aromatic N) is 7. The van der Waals surface area contributed by atoms with Gasteiger partial charge in [-0.15, -0.1) is 0 Å². The molecule has 1 aliphatic rings. The molecule has 1 N–H and O–H groups in total. The molecule has 5 aromatic heterocycles. The topological polar surface area (TPSA) is 122 Å².